The van der Waals surface area contributed by atoms with Crippen molar-refractivity contribution in [3.63, 3.8) is 0 Å². The predicted molar refractivity (Wildman–Crippen MR) is 51.2 cm³/mol. The van der Waals surface area contributed by atoms with Gasteiger partial charge in [0.25, 0.3) is 0 Å². The number of aldehydes is 1. The lowest BCUT2D eigenvalue weighted by atomic mass is 10.1. The summed E-state index contributed by atoms with van der Waals surface area (Å²) < 4.78 is 7.18. The molecule has 1 aromatic rings. The molecule has 1 unspecified atom stereocenters. The summed E-state index contributed by atoms with van der Waals surface area (Å²) in [6.45, 7) is 2.61. The molecule has 0 saturated carbocycles. The van der Waals surface area contributed by atoms with Crippen LogP contribution in [-0.2, 0) is 11.3 Å². The normalized spacial score (nSPS) is 21.3. The van der Waals surface area contributed by atoms with Crippen molar-refractivity contribution in [1.29, 1.82) is 0 Å². The van der Waals surface area contributed by atoms with Crippen LogP contribution in [0.25, 0.3) is 0 Å². The molecule has 0 amide bonds. The SMILES string of the molecule is O=Cc1cncn1CCC1CCOC1. The third-order valence-corrected chi connectivity index (χ3v) is 2.67. The van der Waals surface area contributed by atoms with Crippen molar-refractivity contribution < 1.29 is 9.53 Å². The summed E-state index contributed by atoms with van der Waals surface area (Å²) in [5.74, 6) is 0.650. The Labute approximate surface area is 82.9 Å². The molecule has 4 heteroatoms. The van der Waals surface area contributed by atoms with E-state index < -0.39 is 0 Å². The number of nitrogens with zero attached hydrogens (tertiary/aromatic N) is 2. The molecular formula is C10H14N2O2. The van der Waals surface area contributed by atoms with E-state index in [1.54, 1.807) is 12.5 Å². The van der Waals surface area contributed by atoms with Crippen molar-refractivity contribution in [3.8, 4) is 0 Å². The molecule has 1 aromatic heterocycles. The topological polar surface area (TPSA) is 44.1 Å². The van der Waals surface area contributed by atoms with Gasteiger partial charge in [0.05, 0.1) is 12.5 Å². The highest BCUT2D eigenvalue weighted by Gasteiger charge is 2.15. The highest BCUT2D eigenvalue weighted by atomic mass is 16.5. The van der Waals surface area contributed by atoms with Crippen LogP contribution in [0.15, 0.2) is 12.5 Å². The number of hydrogen-bond acceptors (Lipinski definition) is 3. The van der Waals surface area contributed by atoms with E-state index >= 15 is 0 Å². The van der Waals surface area contributed by atoms with Gasteiger partial charge in [-0.25, -0.2) is 4.98 Å². The summed E-state index contributed by atoms with van der Waals surface area (Å²) in [5.41, 5.74) is 0.656. The van der Waals surface area contributed by atoms with E-state index in [4.69, 9.17) is 4.74 Å². The Morgan fingerprint density at radius 1 is 1.71 bits per heavy atom. The molecule has 14 heavy (non-hydrogen) atoms. The third-order valence-electron chi connectivity index (χ3n) is 2.67. The molecule has 0 spiro atoms. The van der Waals surface area contributed by atoms with Crippen LogP contribution in [0.1, 0.15) is 23.3 Å². The summed E-state index contributed by atoms with van der Waals surface area (Å²) in [6, 6.07) is 0. The molecular weight excluding hydrogens is 180 g/mol. The summed E-state index contributed by atoms with van der Waals surface area (Å²) in [7, 11) is 0. The van der Waals surface area contributed by atoms with Gasteiger partial charge in [-0.2, -0.15) is 0 Å². The van der Waals surface area contributed by atoms with Gasteiger partial charge >= 0.3 is 0 Å². The Bertz CT molecular complexity index is 303. The highest BCUT2D eigenvalue weighted by Crippen LogP contribution is 2.17. The lowest BCUT2D eigenvalue weighted by molar-refractivity contribution is 0.111. The van der Waals surface area contributed by atoms with E-state index in [0.29, 0.717) is 11.6 Å². The highest BCUT2D eigenvalue weighted by molar-refractivity contribution is 5.71. The quantitative estimate of drug-likeness (QED) is 0.675. The molecule has 1 atom stereocenters. The molecule has 2 rings (SSSR count). The summed E-state index contributed by atoms with van der Waals surface area (Å²) in [6.07, 6.45) is 6.36. The van der Waals surface area contributed by atoms with E-state index in [1.165, 1.54) is 0 Å². The molecule has 1 aliphatic heterocycles. The Morgan fingerprint density at radius 3 is 3.36 bits per heavy atom. The van der Waals surface area contributed by atoms with Crippen LogP contribution in [0.2, 0.25) is 0 Å². The van der Waals surface area contributed by atoms with Crippen molar-refractivity contribution in [1.82, 2.24) is 9.55 Å². The van der Waals surface area contributed by atoms with Crippen LogP contribution < -0.4 is 0 Å². The molecule has 0 bridgehead atoms. The largest absolute Gasteiger partial charge is 0.381 e. The minimum atomic E-state index is 0.650. The predicted octanol–water partition coefficient (Wildman–Crippen LogP) is 1.12. The second-order valence-electron chi connectivity index (χ2n) is 3.65. The van der Waals surface area contributed by atoms with Crippen LogP contribution >= 0.6 is 0 Å². The fourth-order valence-corrected chi connectivity index (χ4v) is 1.75. The fraction of sp³-hybridized carbons (Fsp3) is 0.600. The average Bonchev–Trinajstić information content (AvgIpc) is 2.85. The maximum atomic E-state index is 10.6. The van der Waals surface area contributed by atoms with Crippen LogP contribution in [0, 0.1) is 5.92 Å². The average molecular weight is 194 g/mol. The number of aryl methyl sites for hydroxylation is 1. The zero-order valence-corrected chi connectivity index (χ0v) is 8.06. The van der Waals surface area contributed by atoms with E-state index in [0.717, 1.165) is 38.9 Å². The Morgan fingerprint density at radius 2 is 2.64 bits per heavy atom. The van der Waals surface area contributed by atoms with Crippen LogP contribution in [-0.4, -0.2) is 29.1 Å². The van der Waals surface area contributed by atoms with Gasteiger partial charge in [-0.15, -0.1) is 0 Å². The number of rotatable bonds is 4. The molecule has 0 radical (unpaired) electrons. The van der Waals surface area contributed by atoms with Crippen molar-refractivity contribution in [2.24, 2.45) is 5.92 Å². The Hall–Kier alpha value is -1.16. The van der Waals surface area contributed by atoms with Crippen LogP contribution in [0.4, 0.5) is 0 Å². The molecule has 0 aromatic carbocycles. The van der Waals surface area contributed by atoms with Gasteiger partial charge in [-0.05, 0) is 18.8 Å². The summed E-state index contributed by atoms with van der Waals surface area (Å²) >= 11 is 0. The molecule has 2 heterocycles. The third kappa shape index (κ3) is 2.01. The van der Waals surface area contributed by atoms with Crippen molar-refractivity contribution in [2.45, 2.75) is 19.4 Å². The Balaban J connectivity index is 1.87. The van der Waals surface area contributed by atoms with E-state index in [1.807, 2.05) is 4.57 Å². The zero-order chi connectivity index (χ0) is 9.80. The van der Waals surface area contributed by atoms with Gasteiger partial charge in [0, 0.05) is 19.8 Å². The second-order valence-corrected chi connectivity index (χ2v) is 3.65. The van der Waals surface area contributed by atoms with Gasteiger partial charge in [-0.1, -0.05) is 0 Å². The first-order valence-corrected chi connectivity index (χ1v) is 4.93. The van der Waals surface area contributed by atoms with Crippen molar-refractivity contribution in [3.05, 3.63) is 18.2 Å². The fourth-order valence-electron chi connectivity index (χ4n) is 1.75. The molecule has 0 aliphatic carbocycles. The van der Waals surface area contributed by atoms with Gasteiger partial charge in [0.15, 0.2) is 6.29 Å². The summed E-state index contributed by atoms with van der Waals surface area (Å²) in [5, 5.41) is 0. The van der Waals surface area contributed by atoms with Crippen molar-refractivity contribution in [2.75, 3.05) is 13.2 Å². The maximum Gasteiger partial charge on any atom is 0.168 e. The second kappa shape index (κ2) is 4.37. The molecule has 1 saturated heterocycles. The molecule has 0 N–H and O–H groups in total. The lowest BCUT2D eigenvalue weighted by Crippen LogP contribution is -2.07. The minimum absolute atomic E-state index is 0.650. The van der Waals surface area contributed by atoms with Gasteiger partial charge in [0.2, 0.25) is 0 Å². The van der Waals surface area contributed by atoms with E-state index in [-0.39, 0.29) is 0 Å². The lowest BCUT2D eigenvalue weighted by Gasteiger charge is -2.08. The van der Waals surface area contributed by atoms with E-state index in [2.05, 4.69) is 4.98 Å². The van der Waals surface area contributed by atoms with Crippen LogP contribution in [0.5, 0.6) is 0 Å². The zero-order valence-electron chi connectivity index (χ0n) is 8.06. The number of aromatic nitrogens is 2. The Kier molecular flexibility index (Phi) is 2.93. The smallest absolute Gasteiger partial charge is 0.168 e. The molecule has 1 fully saturated rings. The van der Waals surface area contributed by atoms with Gasteiger partial charge in [0.1, 0.15) is 5.69 Å². The standard InChI is InChI=1S/C10H14N2O2/c13-6-10-5-11-8-12(10)3-1-9-2-4-14-7-9/h5-6,8-9H,1-4,7H2. The number of imidazole rings is 1. The molecule has 1 aliphatic rings. The monoisotopic (exact) mass is 194 g/mol. The number of carbonyl (C=O) groups excluding carboxylic acids is 1. The number of ether oxygens (including phenoxy) is 1. The number of carbonyl (C=O) groups is 1. The van der Waals surface area contributed by atoms with Gasteiger partial charge < -0.3 is 9.30 Å². The maximum absolute atomic E-state index is 10.6. The summed E-state index contributed by atoms with van der Waals surface area (Å²) in [4.78, 5) is 14.5. The minimum Gasteiger partial charge on any atom is -0.381 e. The molecule has 76 valence electrons. The van der Waals surface area contributed by atoms with Crippen molar-refractivity contribution >= 4 is 6.29 Å². The molecule has 4 nitrogen and oxygen atoms in total. The number of hydrogen-bond donors (Lipinski definition) is 0. The van der Waals surface area contributed by atoms with Crippen LogP contribution in [0.3, 0.4) is 0 Å². The van der Waals surface area contributed by atoms with Gasteiger partial charge in [-0.3, -0.25) is 4.79 Å². The first-order valence-electron chi connectivity index (χ1n) is 4.93. The first-order chi connectivity index (χ1) is 6.90. The first kappa shape index (κ1) is 9.40. The van der Waals surface area contributed by atoms with E-state index in [9.17, 15) is 4.79 Å².